The lowest BCUT2D eigenvalue weighted by atomic mass is 9.97. The fraction of sp³-hybridized carbons (Fsp3) is 0.409. The Kier molecular flexibility index (Phi) is 6.69. The Labute approximate surface area is 174 Å². The summed E-state index contributed by atoms with van der Waals surface area (Å²) in [6, 6.07) is 9.47. The van der Waals surface area contributed by atoms with Crippen LogP contribution in [0.4, 0.5) is 5.69 Å². The van der Waals surface area contributed by atoms with E-state index in [-0.39, 0.29) is 23.7 Å². The number of piperidine rings is 1. The number of benzene rings is 1. The Morgan fingerprint density at radius 3 is 2.55 bits per heavy atom. The van der Waals surface area contributed by atoms with Crippen LogP contribution in [0.3, 0.4) is 0 Å². The number of amides is 2. The number of carbonyl (C=O) groups is 3. The van der Waals surface area contributed by atoms with E-state index in [0.29, 0.717) is 30.8 Å². The van der Waals surface area contributed by atoms with Crippen molar-refractivity contribution in [1.82, 2.24) is 4.90 Å². The standard InChI is InChI=1S/C22H26N2O4S/c1-14-6-7-15(2)18(13-14)23-20(25)16(3)28-22(27)17-8-10-24(11-9-17)21(26)19-5-4-12-29-19/h4-7,12-13,16-17H,8-11H2,1-3H3,(H,23,25). The summed E-state index contributed by atoms with van der Waals surface area (Å²) in [5.74, 6) is -1.01. The van der Waals surface area contributed by atoms with Crippen molar-refractivity contribution in [3.8, 4) is 0 Å². The number of hydrogen-bond donors (Lipinski definition) is 1. The summed E-state index contributed by atoms with van der Waals surface area (Å²) in [6.07, 6.45) is 0.205. The molecule has 1 N–H and O–H groups in total. The molecule has 0 aliphatic carbocycles. The van der Waals surface area contributed by atoms with Crippen LogP contribution in [0, 0.1) is 19.8 Å². The number of thiophene rings is 1. The molecule has 2 heterocycles. The van der Waals surface area contributed by atoms with Gasteiger partial charge in [-0.05, 0) is 62.3 Å². The topological polar surface area (TPSA) is 75.7 Å². The minimum absolute atomic E-state index is 0.00749. The number of nitrogens with zero attached hydrogens (tertiary/aromatic N) is 1. The van der Waals surface area contributed by atoms with Gasteiger partial charge >= 0.3 is 5.97 Å². The van der Waals surface area contributed by atoms with Gasteiger partial charge in [-0.15, -0.1) is 11.3 Å². The number of nitrogens with one attached hydrogen (secondary N) is 1. The van der Waals surface area contributed by atoms with Crippen LogP contribution in [0.15, 0.2) is 35.7 Å². The number of ether oxygens (including phenoxy) is 1. The van der Waals surface area contributed by atoms with E-state index in [1.54, 1.807) is 11.8 Å². The summed E-state index contributed by atoms with van der Waals surface area (Å²) >= 11 is 1.42. The van der Waals surface area contributed by atoms with Crippen LogP contribution in [-0.2, 0) is 14.3 Å². The van der Waals surface area contributed by atoms with Gasteiger partial charge in [-0.25, -0.2) is 0 Å². The minimum atomic E-state index is -0.881. The van der Waals surface area contributed by atoms with Gasteiger partial charge in [0.15, 0.2) is 6.10 Å². The average molecular weight is 415 g/mol. The van der Waals surface area contributed by atoms with Crippen LogP contribution in [0.1, 0.15) is 40.6 Å². The Bertz CT molecular complexity index is 886. The van der Waals surface area contributed by atoms with Crippen molar-refractivity contribution in [2.45, 2.75) is 39.7 Å². The molecule has 2 amide bonds. The Morgan fingerprint density at radius 1 is 1.17 bits per heavy atom. The average Bonchev–Trinajstić information content (AvgIpc) is 3.25. The fourth-order valence-electron chi connectivity index (χ4n) is 3.30. The van der Waals surface area contributed by atoms with Gasteiger partial charge in [-0.3, -0.25) is 14.4 Å². The minimum Gasteiger partial charge on any atom is -0.452 e. The monoisotopic (exact) mass is 414 g/mol. The molecule has 6 nitrogen and oxygen atoms in total. The van der Waals surface area contributed by atoms with E-state index in [4.69, 9.17) is 4.74 Å². The summed E-state index contributed by atoms with van der Waals surface area (Å²) in [5, 5.41) is 4.71. The zero-order valence-corrected chi connectivity index (χ0v) is 17.8. The highest BCUT2D eigenvalue weighted by Gasteiger charge is 2.31. The highest BCUT2D eigenvalue weighted by molar-refractivity contribution is 7.12. The van der Waals surface area contributed by atoms with Crippen molar-refractivity contribution in [3.05, 3.63) is 51.7 Å². The van der Waals surface area contributed by atoms with E-state index in [1.807, 2.05) is 49.6 Å². The third-order valence-electron chi connectivity index (χ3n) is 5.16. The second kappa shape index (κ2) is 9.22. The summed E-state index contributed by atoms with van der Waals surface area (Å²) in [4.78, 5) is 39.8. The largest absolute Gasteiger partial charge is 0.452 e. The Hall–Kier alpha value is -2.67. The molecule has 1 aliphatic rings. The fourth-order valence-corrected chi connectivity index (χ4v) is 3.99. The summed E-state index contributed by atoms with van der Waals surface area (Å²) < 4.78 is 5.41. The van der Waals surface area contributed by atoms with Gasteiger partial charge in [0.2, 0.25) is 0 Å². The van der Waals surface area contributed by atoms with E-state index >= 15 is 0 Å². The van der Waals surface area contributed by atoms with Crippen molar-refractivity contribution in [1.29, 1.82) is 0 Å². The zero-order chi connectivity index (χ0) is 21.0. The molecule has 0 spiro atoms. The van der Waals surface area contributed by atoms with E-state index in [2.05, 4.69) is 5.32 Å². The van der Waals surface area contributed by atoms with E-state index in [0.717, 1.165) is 16.8 Å². The molecule has 0 saturated carbocycles. The van der Waals surface area contributed by atoms with Gasteiger partial charge in [0.1, 0.15) is 0 Å². The Morgan fingerprint density at radius 2 is 1.90 bits per heavy atom. The molecule has 1 unspecified atom stereocenters. The molecule has 0 bridgehead atoms. The number of hydrogen-bond acceptors (Lipinski definition) is 5. The van der Waals surface area contributed by atoms with Crippen LogP contribution >= 0.6 is 11.3 Å². The molecule has 1 aliphatic heterocycles. The Balaban J connectivity index is 1.49. The van der Waals surface area contributed by atoms with Crippen LogP contribution < -0.4 is 5.32 Å². The van der Waals surface area contributed by atoms with Crippen LogP contribution in [0.25, 0.3) is 0 Å². The van der Waals surface area contributed by atoms with Crippen LogP contribution in [-0.4, -0.2) is 41.9 Å². The van der Waals surface area contributed by atoms with Gasteiger partial charge < -0.3 is 15.0 Å². The molecule has 2 aromatic rings. The second-order valence-electron chi connectivity index (χ2n) is 7.43. The van der Waals surface area contributed by atoms with Crippen LogP contribution in [0.5, 0.6) is 0 Å². The SMILES string of the molecule is Cc1ccc(C)c(NC(=O)C(C)OC(=O)C2CCN(C(=O)c3cccs3)CC2)c1. The van der Waals surface area contributed by atoms with E-state index in [9.17, 15) is 14.4 Å². The molecule has 0 radical (unpaired) electrons. The number of aryl methyl sites for hydroxylation is 2. The van der Waals surface area contributed by atoms with Crippen molar-refractivity contribution in [2.75, 3.05) is 18.4 Å². The van der Waals surface area contributed by atoms with Crippen LogP contribution in [0.2, 0.25) is 0 Å². The first-order chi connectivity index (χ1) is 13.8. The van der Waals surface area contributed by atoms with E-state index in [1.165, 1.54) is 11.3 Å². The molecule has 29 heavy (non-hydrogen) atoms. The number of anilines is 1. The highest BCUT2D eigenvalue weighted by Crippen LogP contribution is 2.23. The molecule has 3 rings (SSSR count). The molecule has 7 heteroatoms. The number of rotatable bonds is 5. The van der Waals surface area contributed by atoms with Gasteiger partial charge in [-0.1, -0.05) is 18.2 Å². The van der Waals surface area contributed by atoms with Gasteiger partial charge in [0.25, 0.3) is 11.8 Å². The molecule has 1 fully saturated rings. The maximum absolute atomic E-state index is 12.5. The maximum Gasteiger partial charge on any atom is 0.309 e. The first-order valence-corrected chi connectivity index (χ1v) is 10.6. The van der Waals surface area contributed by atoms with Gasteiger partial charge in [-0.2, -0.15) is 0 Å². The lowest BCUT2D eigenvalue weighted by molar-refractivity contribution is -0.158. The smallest absolute Gasteiger partial charge is 0.309 e. The third kappa shape index (κ3) is 5.23. The molecule has 154 valence electrons. The number of likely N-dealkylation sites (tertiary alicyclic amines) is 1. The first-order valence-electron chi connectivity index (χ1n) is 9.76. The molecular formula is C22H26N2O4S. The van der Waals surface area contributed by atoms with Crippen molar-refractivity contribution in [3.63, 3.8) is 0 Å². The van der Waals surface area contributed by atoms with Crippen molar-refractivity contribution in [2.24, 2.45) is 5.92 Å². The lowest BCUT2D eigenvalue weighted by Crippen LogP contribution is -2.41. The molecule has 1 aromatic heterocycles. The maximum atomic E-state index is 12.5. The summed E-state index contributed by atoms with van der Waals surface area (Å²) in [7, 11) is 0. The third-order valence-corrected chi connectivity index (χ3v) is 6.02. The zero-order valence-electron chi connectivity index (χ0n) is 16.9. The molecule has 1 saturated heterocycles. The predicted molar refractivity (Wildman–Crippen MR) is 113 cm³/mol. The molecule has 1 aromatic carbocycles. The quantitative estimate of drug-likeness (QED) is 0.756. The highest BCUT2D eigenvalue weighted by atomic mass is 32.1. The second-order valence-corrected chi connectivity index (χ2v) is 8.38. The lowest BCUT2D eigenvalue weighted by Gasteiger charge is -2.31. The van der Waals surface area contributed by atoms with Gasteiger partial charge in [0.05, 0.1) is 10.8 Å². The predicted octanol–water partition coefficient (Wildman–Crippen LogP) is 3.79. The van der Waals surface area contributed by atoms with Crippen molar-refractivity contribution >= 4 is 34.8 Å². The summed E-state index contributed by atoms with van der Waals surface area (Å²) in [6.45, 7) is 6.47. The normalized spacial score (nSPS) is 15.6. The first kappa shape index (κ1) is 21.0. The molecule has 1 atom stereocenters. The van der Waals surface area contributed by atoms with Crippen molar-refractivity contribution < 1.29 is 19.1 Å². The molecular weight excluding hydrogens is 388 g/mol. The number of carbonyl (C=O) groups excluding carboxylic acids is 3. The summed E-state index contributed by atoms with van der Waals surface area (Å²) in [5.41, 5.74) is 2.71. The number of esters is 1. The van der Waals surface area contributed by atoms with Gasteiger partial charge in [0, 0.05) is 18.8 Å². The van der Waals surface area contributed by atoms with E-state index < -0.39 is 6.10 Å².